The van der Waals surface area contributed by atoms with Gasteiger partial charge in [0.15, 0.2) is 0 Å². The zero-order chi connectivity index (χ0) is 13.0. The molecule has 0 spiro atoms. The maximum atomic E-state index is 11.7. The van der Waals surface area contributed by atoms with E-state index in [-0.39, 0.29) is 18.6 Å². The number of amides is 2. The minimum absolute atomic E-state index is 0.227. The van der Waals surface area contributed by atoms with E-state index in [0.29, 0.717) is 12.8 Å². The highest BCUT2D eigenvalue weighted by atomic mass is 32.2. The quantitative estimate of drug-likeness (QED) is 0.723. The average molecular weight is 272 g/mol. The SMILES string of the molecule is O=C(NCC1(C(=O)O)CCCC1)NC1CCSC1. The first-order valence-corrected chi connectivity index (χ1v) is 7.63. The van der Waals surface area contributed by atoms with Gasteiger partial charge >= 0.3 is 12.0 Å². The van der Waals surface area contributed by atoms with Gasteiger partial charge < -0.3 is 15.7 Å². The lowest BCUT2D eigenvalue weighted by Crippen LogP contribution is -2.47. The van der Waals surface area contributed by atoms with Crippen LogP contribution in [-0.4, -0.2) is 41.2 Å². The van der Waals surface area contributed by atoms with Crippen LogP contribution in [0, 0.1) is 5.41 Å². The van der Waals surface area contributed by atoms with Gasteiger partial charge in [-0.25, -0.2) is 4.79 Å². The topological polar surface area (TPSA) is 78.4 Å². The zero-order valence-electron chi connectivity index (χ0n) is 10.4. The van der Waals surface area contributed by atoms with Crippen LogP contribution in [0.5, 0.6) is 0 Å². The molecule has 18 heavy (non-hydrogen) atoms. The predicted octanol–water partition coefficient (Wildman–Crippen LogP) is 1.44. The highest BCUT2D eigenvalue weighted by Gasteiger charge is 2.41. The number of hydrogen-bond acceptors (Lipinski definition) is 3. The monoisotopic (exact) mass is 272 g/mol. The highest BCUT2D eigenvalue weighted by molar-refractivity contribution is 7.99. The summed E-state index contributed by atoms with van der Waals surface area (Å²) in [4.78, 5) is 23.0. The second kappa shape index (κ2) is 5.82. The summed E-state index contributed by atoms with van der Waals surface area (Å²) in [6.07, 6.45) is 4.22. The molecule has 1 atom stereocenters. The van der Waals surface area contributed by atoms with E-state index in [1.54, 1.807) is 0 Å². The van der Waals surface area contributed by atoms with Crippen LogP contribution in [0.25, 0.3) is 0 Å². The Morgan fingerprint density at radius 3 is 2.61 bits per heavy atom. The van der Waals surface area contributed by atoms with Crippen molar-refractivity contribution in [2.24, 2.45) is 5.41 Å². The van der Waals surface area contributed by atoms with Gasteiger partial charge in [-0.05, 0) is 25.0 Å². The molecule has 2 amide bonds. The highest BCUT2D eigenvalue weighted by Crippen LogP contribution is 2.37. The number of thioether (sulfide) groups is 1. The normalized spacial score (nSPS) is 25.9. The van der Waals surface area contributed by atoms with Gasteiger partial charge in [-0.3, -0.25) is 4.79 Å². The number of nitrogens with one attached hydrogen (secondary N) is 2. The third-order valence-electron chi connectivity index (χ3n) is 3.87. The summed E-state index contributed by atoms with van der Waals surface area (Å²) in [7, 11) is 0. The van der Waals surface area contributed by atoms with Crippen LogP contribution in [0.4, 0.5) is 4.79 Å². The number of carbonyl (C=O) groups excluding carboxylic acids is 1. The van der Waals surface area contributed by atoms with Crippen molar-refractivity contribution in [2.75, 3.05) is 18.1 Å². The summed E-state index contributed by atoms with van der Waals surface area (Å²) in [5.41, 5.74) is -0.734. The van der Waals surface area contributed by atoms with E-state index in [1.807, 2.05) is 11.8 Å². The van der Waals surface area contributed by atoms with E-state index in [4.69, 9.17) is 0 Å². The van der Waals surface area contributed by atoms with Crippen molar-refractivity contribution < 1.29 is 14.7 Å². The first-order valence-electron chi connectivity index (χ1n) is 6.48. The molecule has 3 N–H and O–H groups in total. The smallest absolute Gasteiger partial charge is 0.315 e. The number of carboxylic acid groups (broad SMARTS) is 1. The van der Waals surface area contributed by atoms with Gasteiger partial charge in [-0.1, -0.05) is 12.8 Å². The Morgan fingerprint density at radius 2 is 2.06 bits per heavy atom. The van der Waals surface area contributed by atoms with Crippen molar-refractivity contribution >= 4 is 23.8 Å². The maximum absolute atomic E-state index is 11.7. The molecule has 2 aliphatic rings. The fraction of sp³-hybridized carbons (Fsp3) is 0.833. The number of urea groups is 1. The Balaban J connectivity index is 1.78. The molecule has 0 aromatic heterocycles. The second-order valence-electron chi connectivity index (χ2n) is 5.18. The van der Waals surface area contributed by atoms with Gasteiger partial charge in [-0.15, -0.1) is 0 Å². The number of hydrogen-bond donors (Lipinski definition) is 3. The van der Waals surface area contributed by atoms with Gasteiger partial charge in [0.25, 0.3) is 0 Å². The van der Waals surface area contributed by atoms with Gasteiger partial charge in [0, 0.05) is 18.3 Å². The molecule has 1 aliphatic carbocycles. The van der Waals surface area contributed by atoms with E-state index in [9.17, 15) is 14.7 Å². The first kappa shape index (κ1) is 13.5. The van der Waals surface area contributed by atoms with E-state index in [0.717, 1.165) is 30.8 Å². The van der Waals surface area contributed by atoms with E-state index < -0.39 is 11.4 Å². The van der Waals surface area contributed by atoms with Crippen LogP contribution >= 0.6 is 11.8 Å². The summed E-state index contributed by atoms with van der Waals surface area (Å²) in [6, 6.07) is 0.00869. The number of carbonyl (C=O) groups is 2. The van der Waals surface area contributed by atoms with Gasteiger partial charge in [0.05, 0.1) is 5.41 Å². The minimum Gasteiger partial charge on any atom is -0.481 e. The largest absolute Gasteiger partial charge is 0.481 e. The van der Waals surface area contributed by atoms with Gasteiger partial charge in [-0.2, -0.15) is 11.8 Å². The van der Waals surface area contributed by atoms with Crippen molar-refractivity contribution in [1.29, 1.82) is 0 Å². The molecule has 1 unspecified atom stereocenters. The summed E-state index contributed by atoms with van der Waals surface area (Å²) in [5, 5.41) is 14.9. The van der Waals surface area contributed by atoms with Crippen LogP contribution in [0.15, 0.2) is 0 Å². The Bertz CT molecular complexity index is 323. The zero-order valence-corrected chi connectivity index (χ0v) is 11.2. The molecule has 5 nitrogen and oxygen atoms in total. The Morgan fingerprint density at radius 1 is 1.33 bits per heavy atom. The summed E-state index contributed by atoms with van der Waals surface area (Å²) >= 11 is 1.84. The fourth-order valence-electron chi connectivity index (χ4n) is 2.65. The van der Waals surface area contributed by atoms with E-state index in [2.05, 4.69) is 10.6 Å². The lowest BCUT2D eigenvalue weighted by Gasteiger charge is -2.24. The number of carboxylic acids is 1. The van der Waals surface area contributed by atoms with Crippen LogP contribution in [-0.2, 0) is 4.79 Å². The Kier molecular flexibility index (Phi) is 4.37. The minimum atomic E-state index is -0.781. The Hall–Kier alpha value is -0.910. The van der Waals surface area contributed by atoms with Crippen LogP contribution in [0.3, 0.4) is 0 Å². The molecule has 1 aliphatic heterocycles. The molecule has 6 heteroatoms. The van der Waals surface area contributed by atoms with Crippen molar-refractivity contribution in [3.05, 3.63) is 0 Å². The molecule has 2 rings (SSSR count). The molecule has 102 valence electrons. The molecule has 1 saturated heterocycles. The molecular formula is C12H20N2O3S. The fourth-order valence-corrected chi connectivity index (χ4v) is 3.80. The molecule has 0 bridgehead atoms. The van der Waals surface area contributed by atoms with Crippen LogP contribution in [0.1, 0.15) is 32.1 Å². The third-order valence-corrected chi connectivity index (χ3v) is 5.03. The molecule has 1 saturated carbocycles. The average Bonchev–Trinajstić information content (AvgIpc) is 2.97. The van der Waals surface area contributed by atoms with Crippen LogP contribution < -0.4 is 10.6 Å². The summed E-state index contributed by atoms with van der Waals surface area (Å²) < 4.78 is 0. The standard InChI is InChI=1S/C12H20N2O3S/c15-10(16)12(4-1-2-5-12)8-13-11(17)14-9-3-6-18-7-9/h9H,1-8H2,(H,15,16)(H2,13,14,17). The molecule has 1 heterocycles. The summed E-state index contributed by atoms with van der Waals surface area (Å²) in [6.45, 7) is 0.244. The van der Waals surface area contributed by atoms with Crippen molar-refractivity contribution in [3.8, 4) is 0 Å². The van der Waals surface area contributed by atoms with Crippen molar-refractivity contribution in [2.45, 2.75) is 38.1 Å². The second-order valence-corrected chi connectivity index (χ2v) is 6.33. The Labute approximate surface area is 111 Å². The maximum Gasteiger partial charge on any atom is 0.315 e. The molecule has 0 aromatic rings. The van der Waals surface area contributed by atoms with E-state index in [1.165, 1.54) is 0 Å². The summed E-state index contributed by atoms with van der Waals surface area (Å²) in [5.74, 6) is 1.26. The van der Waals surface area contributed by atoms with Crippen LogP contribution in [0.2, 0.25) is 0 Å². The van der Waals surface area contributed by atoms with Gasteiger partial charge in [0.1, 0.15) is 0 Å². The van der Waals surface area contributed by atoms with Crippen molar-refractivity contribution in [3.63, 3.8) is 0 Å². The molecule has 0 aromatic carbocycles. The number of rotatable bonds is 4. The number of aliphatic carboxylic acids is 1. The van der Waals surface area contributed by atoms with Crippen molar-refractivity contribution in [1.82, 2.24) is 10.6 Å². The van der Waals surface area contributed by atoms with E-state index >= 15 is 0 Å². The predicted molar refractivity (Wildman–Crippen MR) is 70.8 cm³/mol. The first-order chi connectivity index (χ1) is 8.62. The molecular weight excluding hydrogens is 252 g/mol. The molecule has 0 radical (unpaired) electrons. The third kappa shape index (κ3) is 3.10. The lowest BCUT2D eigenvalue weighted by molar-refractivity contribution is -0.148. The molecule has 2 fully saturated rings. The van der Waals surface area contributed by atoms with Gasteiger partial charge in [0.2, 0.25) is 0 Å². The lowest BCUT2D eigenvalue weighted by atomic mass is 9.86.